The second kappa shape index (κ2) is 49.1. The van der Waals surface area contributed by atoms with E-state index in [0.717, 1.165) is 160 Å². The molecule has 0 saturated carbocycles. The number of aromatic amines is 3. The second-order valence-electron chi connectivity index (χ2n) is 23.7. The Morgan fingerprint density at radius 3 is 1.30 bits per heavy atom. The summed E-state index contributed by atoms with van der Waals surface area (Å²) in [7, 11) is 11.6. The number of ether oxygens (including phenoxy) is 8. The van der Waals surface area contributed by atoms with Crippen LogP contribution in [0, 0.1) is 66.1 Å². The summed E-state index contributed by atoms with van der Waals surface area (Å²) >= 11 is 3.45. The SMILES string of the molecule is CCn1c(C)c(C#N)c2ccc(OC)cc21.CCn1c(CBr)c(C#N)c2ccc(OC)cc21.CCn1c(COc2ccccc2)c(C#N)c2ccc(OC)cc21.COC(=O)c1cc2ccc(OC)cc2[nH]1.COc1ccc2c(C#N)c(C)[nH]c2c1.COc1ccc2cc(C)[nH]c2c1.O=C=NS(=O)(=O)Cl.Oc1ccccc1.[AlH3].[H-].[H-].[H-].[Li+].[Na+].[Na+]. The summed E-state index contributed by atoms with van der Waals surface area (Å²) in [5.41, 5.74) is 14.4. The fourth-order valence-electron chi connectivity index (χ4n) is 12.0. The van der Waals surface area contributed by atoms with Crippen LogP contribution in [-0.4, -0.2) is 121 Å². The number of aromatic hydroxyl groups is 1. The maximum Gasteiger partial charge on any atom is 1.00 e. The molecular weight excluding hydrogens is 1600 g/mol. The largest absolute Gasteiger partial charge is 1.00 e. The zero-order chi connectivity index (χ0) is 80.9. The van der Waals surface area contributed by atoms with Crippen LogP contribution in [0.1, 0.15) is 86.3 Å². The number of alkyl halides is 1. The number of rotatable bonds is 15. The van der Waals surface area contributed by atoms with Crippen LogP contribution >= 0.6 is 26.6 Å². The molecule has 584 valence electrons. The van der Waals surface area contributed by atoms with Gasteiger partial charge in [0.15, 0.2) is 17.4 Å². The van der Waals surface area contributed by atoms with Crippen molar-refractivity contribution >= 4 is 131 Å². The number of fused-ring (bicyclic) bond motifs is 6. The minimum atomic E-state index is -4.00. The molecule has 4 N–H and O–H groups in total. The van der Waals surface area contributed by atoms with E-state index in [-0.39, 0.29) is 106 Å². The van der Waals surface area contributed by atoms with Crippen LogP contribution < -0.4 is 111 Å². The van der Waals surface area contributed by atoms with E-state index in [0.29, 0.717) is 34.5 Å². The first kappa shape index (κ1) is 99.3. The maximum absolute atomic E-state index is 11.3. The Bertz CT molecular complexity index is 5920. The molecule has 31 heteroatoms. The van der Waals surface area contributed by atoms with E-state index in [1.54, 1.807) is 73.0 Å². The third-order valence-corrected chi connectivity index (χ3v) is 18.3. The number of isocyanates is 1. The Labute approximate surface area is 752 Å². The summed E-state index contributed by atoms with van der Waals surface area (Å²) in [6, 6.07) is 65.9. The third-order valence-electron chi connectivity index (χ3n) is 17.2. The van der Waals surface area contributed by atoms with Crippen LogP contribution in [0.3, 0.4) is 0 Å². The Kier molecular flexibility index (Phi) is 42.4. The normalized spacial score (nSPS) is 9.87. The van der Waals surface area contributed by atoms with Crippen molar-refractivity contribution in [2.45, 2.75) is 73.1 Å². The molecule has 0 amide bonds. The van der Waals surface area contributed by atoms with Crippen LogP contribution in [0.15, 0.2) is 186 Å². The average molecular weight is 1690 g/mol. The number of hydrogen-bond donors (Lipinski definition) is 4. The van der Waals surface area contributed by atoms with Crippen LogP contribution in [0.4, 0.5) is 0 Å². The van der Waals surface area contributed by atoms with Crippen molar-refractivity contribution < 1.29 is 143 Å². The molecule has 0 saturated heterocycles. The van der Waals surface area contributed by atoms with Gasteiger partial charge in [0.1, 0.15) is 82.6 Å². The number of esters is 1. The number of nitrogens with zero attached hydrogens (tertiary/aromatic N) is 8. The van der Waals surface area contributed by atoms with Gasteiger partial charge in [0, 0.05) is 133 Å². The minimum absolute atomic E-state index is 0. The fraction of sp³-hybridized carbons (Fsp3) is 0.214. The molecule has 0 aliphatic carbocycles. The number of phenolic OH excluding ortho intramolecular Hbond substituents is 1. The van der Waals surface area contributed by atoms with Crippen molar-refractivity contribution in [1.82, 2.24) is 28.7 Å². The van der Waals surface area contributed by atoms with Gasteiger partial charge in [-0.1, -0.05) is 56.7 Å². The zero-order valence-electron chi connectivity index (χ0n) is 69.4. The van der Waals surface area contributed by atoms with Gasteiger partial charge in [0.2, 0.25) is 0 Å². The molecule has 6 aromatic heterocycles. The average Bonchev–Trinajstić information content (AvgIpc) is 1.55. The van der Waals surface area contributed by atoms with Crippen molar-refractivity contribution in [2.24, 2.45) is 4.40 Å². The van der Waals surface area contributed by atoms with Gasteiger partial charge < -0.3 is 75.9 Å². The predicted octanol–water partition coefficient (Wildman–Crippen LogP) is 8.57. The number of carbonyl (C=O) groups is 1. The fourth-order valence-corrected chi connectivity index (χ4v) is 12.7. The zero-order valence-corrected chi connectivity index (χ0v) is 73.6. The van der Waals surface area contributed by atoms with E-state index in [1.165, 1.54) is 18.2 Å². The van der Waals surface area contributed by atoms with Crippen LogP contribution in [0.25, 0.3) is 65.4 Å². The number of methoxy groups -OCH3 is 7. The molecule has 0 spiro atoms. The van der Waals surface area contributed by atoms with Gasteiger partial charge in [-0.3, -0.25) is 0 Å². The summed E-state index contributed by atoms with van der Waals surface area (Å²) in [5.74, 6) is 5.60. The number of phenols is 1. The first-order chi connectivity index (χ1) is 53.5. The maximum atomic E-state index is 11.3. The van der Waals surface area contributed by atoms with Gasteiger partial charge in [-0.25, -0.2) is 9.59 Å². The number of carbonyl (C=O) groups excluding carboxylic acids is 2. The van der Waals surface area contributed by atoms with Gasteiger partial charge in [0.25, 0.3) is 6.08 Å². The molecule has 24 nitrogen and oxygen atoms in total. The summed E-state index contributed by atoms with van der Waals surface area (Å²) in [5, 5.41) is 52.3. The molecule has 14 aromatic rings. The quantitative estimate of drug-likeness (QED) is 0.0186. The van der Waals surface area contributed by atoms with Gasteiger partial charge in [0.05, 0.1) is 99.8 Å². The third kappa shape index (κ3) is 26.3. The molecule has 0 fully saturated rings. The van der Waals surface area contributed by atoms with Crippen LogP contribution in [-0.2, 0) is 50.3 Å². The molecule has 0 radical (unpaired) electrons. The standard InChI is InChI=1S/C19H18N2O2.C13H13BrN2O.C13H14N2O.C11H10N2O.C11H11NO3.C10H11NO.C6H6O.CClNO3S.Al.Li.2Na.6H/c1-3-21-18-11-15(22-2)9-10-16(18)17(12-20)19(21)13-23-14-7-5-4-6-8-14;1-3-16-12-6-9(17-2)4-5-10(12)11(8-15)13(16)7-14;1-4-15-9(2)12(8-14)11-6-5-10(16-3)7-13(11)15;1-7-10(6-12)9-4-3-8(14-2)5-11(9)13-7;1-14-8-4-3-7-5-10(11(13)15-2)12-9(7)6-8;1-7-5-8-3-4-9(12-2)6-10(8)11-7;7-6-4-2-1-3-5-6;2-7(5,6)3-1-4;;;;;;;;;;/h4-11H,3,13H2,1-2H3;4-6H,3,7H2,1-2H3;5-7H,4H2,1-3H3;3-5,13H,1-2H3;3-6,12H,1-2H3;3-6,11H,1-2H3;1-5,7H;;;;;;;;;;;/q;;;;;;;;;3*+1;;;;3*-1. The van der Waals surface area contributed by atoms with E-state index in [1.807, 2.05) is 160 Å². The number of para-hydroxylation sites is 2. The number of H-pyrrole nitrogens is 3. The summed E-state index contributed by atoms with van der Waals surface area (Å²) in [6.07, 6.45) is 0.763. The van der Waals surface area contributed by atoms with E-state index in [4.69, 9.17) is 53.6 Å². The number of hydrogen-bond acceptors (Lipinski definition) is 17. The van der Waals surface area contributed by atoms with Crippen LogP contribution in [0.5, 0.6) is 46.0 Å². The first-order valence-corrected chi connectivity index (χ1v) is 37.6. The van der Waals surface area contributed by atoms with Gasteiger partial charge in [-0.05, 0) is 156 Å². The van der Waals surface area contributed by atoms with Gasteiger partial charge in [-0.15, -0.1) is 0 Å². The van der Waals surface area contributed by atoms with Gasteiger partial charge in [-0.2, -0.15) is 29.5 Å². The molecule has 0 aliphatic rings. The van der Waals surface area contributed by atoms with Gasteiger partial charge >= 0.3 is 93.2 Å². The Hall–Kier alpha value is -9.94. The van der Waals surface area contributed by atoms with E-state index < -0.39 is 9.24 Å². The summed E-state index contributed by atoms with van der Waals surface area (Å²) in [6.45, 7) is 15.0. The molecule has 0 atom stereocenters. The predicted molar refractivity (Wildman–Crippen MR) is 449 cm³/mol. The number of benzene rings is 8. The molecular formula is C84H89AlBrClLiN11Na2O13S. The second-order valence-corrected chi connectivity index (χ2v) is 26.4. The number of aromatic nitrogens is 6. The molecule has 8 aromatic carbocycles. The van der Waals surface area contributed by atoms with Crippen molar-refractivity contribution in [3.63, 3.8) is 0 Å². The Morgan fingerprint density at radius 2 is 0.896 bits per heavy atom. The van der Waals surface area contributed by atoms with Crippen LogP contribution in [0.2, 0.25) is 0 Å². The van der Waals surface area contributed by atoms with Crippen molar-refractivity contribution in [3.8, 4) is 70.3 Å². The van der Waals surface area contributed by atoms with Crippen molar-refractivity contribution in [3.05, 3.63) is 238 Å². The smallest absolute Gasteiger partial charge is 1.00 e. The monoisotopic (exact) mass is 1690 g/mol. The van der Waals surface area contributed by atoms with Crippen molar-refractivity contribution in [1.29, 1.82) is 21.0 Å². The summed E-state index contributed by atoms with van der Waals surface area (Å²) < 4.78 is 69.2. The topological polar surface area (TPSA) is 332 Å². The molecule has 0 unspecified atom stereocenters. The number of halogens is 2. The van der Waals surface area contributed by atoms with E-state index >= 15 is 0 Å². The van der Waals surface area contributed by atoms with Crippen molar-refractivity contribution in [2.75, 3.05) is 49.8 Å². The molecule has 0 bridgehead atoms. The van der Waals surface area contributed by atoms with E-state index in [9.17, 15) is 23.7 Å². The number of nitriles is 4. The molecule has 6 heterocycles. The molecule has 14 rings (SSSR count). The molecule has 0 aliphatic heterocycles. The summed E-state index contributed by atoms with van der Waals surface area (Å²) in [4.78, 5) is 29.7. The Morgan fingerprint density at radius 1 is 0.504 bits per heavy atom. The Balaban J connectivity index is 0.00000134. The molecule has 115 heavy (non-hydrogen) atoms. The number of nitrogens with one attached hydrogen (secondary N) is 3. The van der Waals surface area contributed by atoms with E-state index in [2.05, 4.69) is 122 Å². The number of aryl methyl sites for hydroxylation is 5. The first-order valence-electron chi connectivity index (χ1n) is 34.2. The minimum Gasteiger partial charge on any atom is -1.00 e.